The molecule has 0 unspecified atom stereocenters. The van der Waals surface area contributed by atoms with Gasteiger partial charge in [-0.25, -0.2) is 4.39 Å². The van der Waals surface area contributed by atoms with E-state index in [9.17, 15) is 4.39 Å². The van der Waals surface area contributed by atoms with Crippen LogP contribution in [0.15, 0.2) is 18.2 Å². The minimum Gasteiger partial charge on any atom is -0.423 e. The van der Waals surface area contributed by atoms with E-state index in [2.05, 4.69) is 4.90 Å². The van der Waals surface area contributed by atoms with Crippen LogP contribution < -0.4 is 5.46 Å². The highest BCUT2D eigenvalue weighted by Crippen LogP contribution is 2.15. The van der Waals surface area contributed by atoms with E-state index in [1.54, 1.807) is 6.07 Å². The van der Waals surface area contributed by atoms with Crippen LogP contribution in [0.25, 0.3) is 0 Å². The Morgan fingerprint density at radius 2 is 2.00 bits per heavy atom. The van der Waals surface area contributed by atoms with Crippen LogP contribution in [0.3, 0.4) is 0 Å². The first-order valence-corrected chi connectivity index (χ1v) is 6.50. The van der Waals surface area contributed by atoms with Crippen molar-refractivity contribution in [2.45, 2.75) is 25.4 Å². The molecule has 0 bridgehead atoms. The number of rotatable bonds is 4. The molecule has 0 spiro atoms. The van der Waals surface area contributed by atoms with Gasteiger partial charge in [0.1, 0.15) is 5.82 Å². The predicted octanol–water partition coefficient (Wildman–Crippen LogP) is 0.116. The lowest BCUT2D eigenvalue weighted by molar-refractivity contribution is 0.0407. The lowest BCUT2D eigenvalue weighted by Crippen LogP contribution is -2.37. The molecule has 1 aromatic carbocycles. The third-order valence-corrected chi connectivity index (χ3v) is 3.52. The highest BCUT2D eigenvalue weighted by molar-refractivity contribution is 6.58. The Hall–Kier alpha value is -0.945. The van der Waals surface area contributed by atoms with E-state index in [1.165, 1.54) is 6.07 Å². The van der Waals surface area contributed by atoms with Crippen molar-refractivity contribution in [3.05, 3.63) is 29.6 Å². The SMILES string of the molecule is CN(Cc1cc(F)cc(B(O)O)c1)C1CCOCC1. The van der Waals surface area contributed by atoms with Gasteiger partial charge < -0.3 is 14.8 Å². The predicted molar refractivity (Wildman–Crippen MR) is 71.5 cm³/mol. The van der Waals surface area contributed by atoms with Crippen LogP contribution in [0, 0.1) is 5.82 Å². The highest BCUT2D eigenvalue weighted by atomic mass is 19.1. The Balaban J connectivity index is 2.05. The number of halogens is 1. The standard InChI is InChI=1S/C13H19BFNO3/c1-16(13-2-4-19-5-3-13)9-10-6-11(14(17)18)8-12(15)7-10/h6-8,13,17-18H,2-5,9H2,1H3. The third kappa shape index (κ3) is 4.01. The second kappa shape index (κ2) is 6.48. The number of benzene rings is 1. The van der Waals surface area contributed by atoms with Crippen LogP contribution in [0.1, 0.15) is 18.4 Å². The molecule has 1 heterocycles. The number of hydrogen-bond acceptors (Lipinski definition) is 4. The Labute approximate surface area is 113 Å². The molecular formula is C13H19BFNO3. The molecule has 0 atom stereocenters. The van der Waals surface area contributed by atoms with Gasteiger partial charge in [-0.3, -0.25) is 4.90 Å². The molecule has 0 aliphatic carbocycles. The minimum absolute atomic E-state index is 0.190. The maximum Gasteiger partial charge on any atom is 0.488 e. The fourth-order valence-corrected chi connectivity index (χ4v) is 2.46. The van der Waals surface area contributed by atoms with Crippen molar-refractivity contribution in [3.8, 4) is 0 Å². The molecule has 6 heteroatoms. The Kier molecular flexibility index (Phi) is 4.93. The molecule has 1 saturated heterocycles. The Morgan fingerprint density at radius 3 is 2.63 bits per heavy atom. The summed E-state index contributed by atoms with van der Waals surface area (Å²) in [6.45, 7) is 2.11. The summed E-state index contributed by atoms with van der Waals surface area (Å²) < 4.78 is 18.7. The maximum absolute atomic E-state index is 13.4. The van der Waals surface area contributed by atoms with Gasteiger partial charge in [0.25, 0.3) is 0 Å². The molecule has 2 rings (SSSR count). The molecule has 2 N–H and O–H groups in total. The van der Waals surface area contributed by atoms with Crippen LogP contribution in [-0.4, -0.2) is 48.4 Å². The first-order chi connectivity index (χ1) is 9.06. The van der Waals surface area contributed by atoms with E-state index in [0.717, 1.165) is 37.7 Å². The van der Waals surface area contributed by atoms with Crippen LogP contribution in [0.4, 0.5) is 4.39 Å². The summed E-state index contributed by atoms with van der Waals surface area (Å²) in [7, 11) is 0.360. The van der Waals surface area contributed by atoms with Gasteiger partial charge in [-0.05, 0) is 43.0 Å². The molecule has 0 radical (unpaired) electrons. The van der Waals surface area contributed by atoms with Gasteiger partial charge in [0.2, 0.25) is 0 Å². The highest BCUT2D eigenvalue weighted by Gasteiger charge is 2.19. The molecule has 19 heavy (non-hydrogen) atoms. The van der Waals surface area contributed by atoms with E-state index in [4.69, 9.17) is 14.8 Å². The van der Waals surface area contributed by atoms with Gasteiger partial charge >= 0.3 is 7.12 Å². The molecule has 0 saturated carbocycles. The second-order valence-corrected chi connectivity index (χ2v) is 5.03. The van der Waals surface area contributed by atoms with Crippen molar-refractivity contribution >= 4 is 12.6 Å². The van der Waals surface area contributed by atoms with E-state index < -0.39 is 12.9 Å². The summed E-state index contributed by atoms with van der Waals surface area (Å²) in [6.07, 6.45) is 1.95. The smallest absolute Gasteiger partial charge is 0.423 e. The summed E-state index contributed by atoms with van der Waals surface area (Å²) in [5, 5.41) is 18.2. The molecule has 0 amide bonds. The lowest BCUT2D eigenvalue weighted by Gasteiger charge is -2.31. The van der Waals surface area contributed by atoms with Crippen LogP contribution in [0.2, 0.25) is 0 Å². The van der Waals surface area contributed by atoms with Crippen molar-refractivity contribution in [2.24, 2.45) is 0 Å². The van der Waals surface area contributed by atoms with Gasteiger partial charge in [0.15, 0.2) is 0 Å². The van der Waals surface area contributed by atoms with Gasteiger partial charge in [-0.1, -0.05) is 6.07 Å². The summed E-state index contributed by atoms with van der Waals surface area (Å²) in [5.74, 6) is -0.444. The van der Waals surface area contributed by atoms with E-state index in [-0.39, 0.29) is 5.46 Å². The maximum atomic E-state index is 13.4. The fraction of sp³-hybridized carbons (Fsp3) is 0.538. The topological polar surface area (TPSA) is 52.9 Å². The normalized spacial score (nSPS) is 16.9. The Morgan fingerprint density at radius 1 is 1.32 bits per heavy atom. The molecule has 1 aromatic rings. The monoisotopic (exact) mass is 267 g/mol. The second-order valence-electron chi connectivity index (χ2n) is 5.03. The number of hydrogen-bond donors (Lipinski definition) is 2. The number of ether oxygens (including phenoxy) is 1. The Bertz CT molecular complexity index is 424. The van der Waals surface area contributed by atoms with Gasteiger partial charge in [0, 0.05) is 25.8 Å². The fourth-order valence-electron chi connectivity index (χ4n) is 2.46. The minimum atomic E-state index is -1.64. The summed E-state index contributed by atoms with van der Waals surface area (Å²) >= 11 is 0. The average Bonchev–Trinajstić information content (AvgIpc) is 2.39. The number of nitrogens with zero attached hydrogens (tertiary/aromatic N) is 1. The quantitative estimate of drug-likeness (QED) is 0.761. The third-order valence-electron chi connectivity index (χ3n) is 3.52. The van der Waals surface area contributed by atoms with Crippen LogP contribution in [0.5, 0.6) is 0 Å². The molecule has 1 aliphatic heterocycles. The molecule has 104 valence electrons. The van der Waals surface area contributed by atoms with Gasteiger partial charge in [-0.15, -0.1) is 0 Å². The zero-order chi connectivity index (χ0) is 13.8. The van der Waals surface area contributed by atoms with E-state index in [0.29, 0.717) is 12.6 Å². The summed E-state index contributed by atoms with van der Waals surface area (Å²) in [6, 6.07) is 4.63. The zero-order valence-electron chi connectivity index (χ0n) is 11.1. The zero-order valence-corrected chi connectivity index (χ0v) is 11.1. The molecule has 0 aromatic heterocycles. The van der Waals surface area contributed by atoms with Crippen molar-refractivity contribution in [1.29, 1.82) is 0 Å². The molecule has 1 fully saturated rings. The van der Waals surface area contributed by atoms with Gasteiger partial charge in [-0.2, -0.15) is 0 Å². The first kappa shape index (κ1) is 14.5. The van der Waals surface area contributed by atoms with Gasteiger partial charge in [0.05, 0.1) is 0 Å². The van der Waals surface area contributed by atoms with E-state index in [1.807, 2.05) is 7.05 Å². The van der Waals surface area contributed by atoms with Crippen LogP contribution in [-0.2, 0) is 11.3 Å². The summed E-state index contributed by atoms with van der Waals surface area (Å²) in [5.41, 5.74) is 0.937. The molecule has 4 nitrogen and oxygen atoms in total. The van der Waals surface area contributed by atoms with Crippen molar-refractivity contribution in [1.82, 2.24) is 4.90 Å². The van der Waals surface area contributed by atoms with Crippen LogP contribution >= 0.6 is 0 Å². The van der Waals surface area contributed by atoms with Crippen molar-refractivity contribution in [3.63, 3.8) is 0 Å². The molecular weight excluding hydrogens is 248 g/mol. The van der Waals surface area contributed by atoms with Crippen molar-refractivity contribution < 1.29 is 19.2 Å². The average molecular weight is 267 g/mol. The first-order valence-electron chi connectivity index (χ1n) is 6.50. The lowest BCUT2D eigenvalue weighted by atomic mass is 9.79. The van der Waals surface area contributed by atoms with Crippen molar-refractivity contribution in [2.75, 3.05) is 20.3 Å². The largest absolute Gasteiger partial charge is 0.488 e. The van der Waals surface area contributed by atoms with E-state index >= 15 is 0 Å². The summed E-state index contributed by atoms with van der Waals surface area (Å²) in [4.78, 5) is 2.16. The molecule has 1 aliphatic rings.